The summed E-state index contributed by atoms with van der Waals surface area (Å²) in [5.74, 6) is 0.685. The van der Waals surface area contributed by atoms with Crippen molar-refractivity contribution in [3.8, 4) is 0 Å². The number of rotatable bonds is 3. The first-order valence-electron chi connectivity index (χ1n) is 4.39. The second-order valence-electron chi connectivity index (χ2n) is 3.05. The van der Waals surface area contributed by atoms with E-state index in [1.165, 1.54) is 11.9 Å². The van der Waals surface area contributed by atoms with Crippen molar-refractivity contribution in [1.29, 1.82) is 0 Å². The fraction of sp³-hybridized carbons (Fsp3) is 0.100. The van der Waals surface area contributed by atoms with E-state index in [2.05, 4.69) is 4.72 Å². The summed E-state index contributed by atoms with van der Waals surface area (Å²) in [5.41, 5.74) is 6.93. The summed E-state index contributed by atoms with van der Waals surface area (Å²) in [6, 6.07) is 7.28. The Balaban J connectivity index is 2.04. The smallest absolute Gasteiger partial charge is 0.322 e. The third kappa shape index (κ3) is 2.44. The lowest BCUT2D eigenvalue weighted by molar-refractivity contribution is 0.254. The van der Waals surface area contributed by atoms with E-state index >= 15 is 0 Å². The van der Waals surface area contributed by atoms with Gasteiger partial charge in [0.2, 0.25) is 0 Å². The first kappa shape index (κ1) is 9.92. The summed E-state index contributed by atoms with van der Waals surface area (Å²) >= 11 is 1.27. The molecule has 0 radical (unpaired) electrons. The van der Waals surface area contributed by atoms with E-state index in [0.717, 1.165) is 16.5 Å². The van der Waals surface area contributed by atoms with Crippen LogP contribution in [0.2, 0.25) is 0 Å². The highest BCUT2D eigenvalue weighted by Crippen LogP contribution is 2.19. The second kappa shape index (κ2) is 4.27. The molecule has 78 valence electrons. The highest BCUT2D eigenvalue weighted by Gasteiger charge is 1.99. The molecule has 0 bridgehead atoms. The van der Waals surface area contributed by atoms with Crippen molar-refractivity contribution in [1.82, 2.24) is 4.72 Å². The Hall–Kier alpha value is -1.62. The Morgan fingerprint density at radius 1 is 1.47 bits per heavy atom. The van der Waals surface area contributed by atoms with Gasteiger partial charge in [0.15, 0.2) is 0 Å². The monoisotopic (exact) mass is 222 g/mol. The number of primary amides is 1. The van der Waals surface area contributed by atoms with E-state index in [0.29, 0.717) is 5.75 Å². The quantitative estimate of drug-likeness (QED) is 0.782. The van der Waals surface area contributed by atoms with Crippen LogP contribution in [0.5, 0.6) is 0 Å². The molecule has 2 amide bonds. The standard InChI is InChI=1S/C10H10N2O2S/c11-10(13)12-15-6-7-1-2-9-8(5-7)3-4-14-9/h1-5H,6H2,(H3,11,12,13). The number of furan rings is 1. The summed E-state index contributed by atoms with van der Waals surface area (Å²) in [7, 11) is 0. The predicted molar refractivity (Wildman–Crippen MR) is 60.2 cm³/mol. The number of nitrogens with one attached hydrogen (secondary N) is 1. The average molecular weight is 222 g/mol. The Bertz CT molecular complexity index is 481. The summed E-state index contributed by atoms with van der Waals surface area (Å²) in [6.07, 6.45) is 1.66. The van der Waals surface area contributed by atoms with Gasteiger partial charge in [-0.15, -0.1) is 0 Å². The van der Waals surface area contributed by atoms with Crippen LogP contribution in [0.3, 0.4) is 0 Å². The lowest BCUT2D eigenvalue weighted by Gasteiger charge is -2.01. The predicted octanol–water partition coefficient (Wildman–Crippen LogP) is 2.25. The van der Waals surface area contributed by atoms with Crippen molar-refractivity contribution in [2.75, 3.05) is 0 Å². The molecule has 1 aromatic carbocycles. The van der Waals surface area contributed by atoms with E-state index in [-0.39, 0.29) is 0 Å². The van der Waals surface area contributed by atoms with Crippen LogP contribution in [-0.2, 0) is 5.75 Å². The molecule has 0 aliphatic heterocycles. The summed E-state index contributed by atoms with van der Waals surface area (Å²) < 4.78 is 7.69. The molecule has 3 N–H and O–H groups in total. The highest BCUT2D eigenvalue weighted by molar-refractivity contribution is 7.97. The summed E-state index contributed by atoms with van der Waals surface area (Å²) in [4.78, 5) is 10.4. The van der Waals surface area contributed by atoms with Gasteiger partial charge in [0.05, 0.1) is 6.26 Å². The Kier molecular flexibility index (Phi) is 2.82. The number of carbonyl (C=O) groups is 1. The van der Waals surface area contributed by atoms with E-state index in [4.69, 9.17) is 10.2 Å². The zero-order valence-electron chi connectivity index (χ0n) is 7.90. The molecule has 4 nitrogen and oxygen atoms in total. The normalized spacial score (nSPS) is 10.4. The van der Waals surface area contributed by atoms with Gasteiger partial charge in [-0.3, -0.25) is 4.72 Å². The van der Waals surface area contributed by atoms with Crippen molar-refractivity contribution in [3.05, 3.63) is 36.1 Å². The molecule has 0 aliphatic rings. The molecule has 0 saturated carbocycles. The van der Waals surface area contributed by atoms with Crippen LogP contribution in [0, 0.1) is 0 Å². The number of benzene rings is 1. The van der Waals surface area contributed by atoms with Crippen molar-refractivity contribution in [2.24, 2.45) is 5.73 Å². The van der Waals surface area contributed by atoms with E-state index in [1.54, 1.807) is 6.26 Å². The van der Waals surface area contributed by atoms with Crippen LogP contribution in [0.1, 0.15) is 5.56 Å². The minimum atomic E-state index is -0.524. The zero-order valence-corrected chi connectivity index (χ0v) is 8.71. The third-order valence-corrected chi connectivity index (χ3v) is 2.75. The van der Waals surface area contributed by atoms with Crippen molar-refractivity contribution in [3.63, 3.8) is 0 Å². The maximum atomic E-state index is 10.4. The minimum Gasteiger partial charge on any atom is -0.464 e. The first-order valence-corrected chi connectivity index (χ1v) is 5.37. The van der Waals surface area contributed by atoms with Crippen LogP contribution in [0.25, 0.3) is 11.0 Å². The topological polar surface area (TPSA) is 68.3 Å². The van der Waals surface area contributed by atoms with Crippen LogP contribution in [0.4, 0.5) is 4.79 Å². The number of nitrogens with two attached hydrogens (primary N) is 1. The number of hydrogen-bond donors (Lipinski definition) is 2. The molecular weight excluding hydrogens is 212 g/mol. The zero-order chi connectivity index (χ0) is 10.7. The largest absolute Gasteiger partial charge is 0.464 e. The molecule has 0 unspecified atom stereocenters. The fourth-order valence-electron chi connectivity index (χ4n) is 1.30. The summed E-state index contributed by atoms with van der Waals surface area (Å²) in [6.45, 7) is 0. The van der Waals surface area contributed by atoms with Crippen LogP contribution < -0.4 is 10.5 Å². The maximum Gasteiger partial charge on any atom is 0.322 e. The molecule has 15 heavy (non-hydrogen) atoms. The van der Waals surface area contributed by atoms with Crippen molar-refractivity contribution >= 4 is 28.9 Å². The van der Waals surface area contributed by atoms with Gasteiger partial charge in [0.1, 0.15) is 5.58 Å². The maximum absolute atomic E-state index is 10.4. The van der Waals surface area contributed by atoms with E-state index < -0.39 is 6.03 Å². The molecule has 1 aromatic heterocycles. The highest BCUT2D eigenvalue weighted by atomic mass is 32.2. The van der Waals surface area contributed by atoms with Crippen molar-refractivity contribution < 1.29 is 9.21 Å². The number of fused-ring (bicyclic) bond motifs is 1. The van der Waals surface area contributed by atoms with Gasteiger partial charge in [0, 0.05) is 11.1 Å². The molecule has 0 aliphatic carbocycles. The van der Waals surface area contributed by atoms with Crippen molar-refractivity contribution in [2.45, 2.75) is 5.75 Å². The van der Waals surface area contributed by atoms with Gasteiger partial charge in [-0.05, 0) is 35.7 Å². The van der Waals surface area contributed by atoms with Gasteiger partial charge < -0.3 is 10.2 Å². The first-order chi connectivity index (χ1) is 7.25. The van der Waals surface area contributed by atoms with Gasteiger partial charge >= 0.3 is 6.03 Å². The SMILES string of the molecule is NC(=O)NSCc1ccc2occc2c1. The summed E-state index contributed by atoms with van der Waals surface area (Å²) in [5, 5.41) is 1.06. The molecule has 0 saturated heterocycles. The number of urea groups is 1. The minimum absolute atomic E-state index is 0.524. The number of hydrogen-bond acceptors (Lipinski definition) is 3. The van der Waals surface area contributed by atoms with Gasteiger partial charge in [-0.1, -0.05) is 6.07 Å². The van der Waals surface area contributed by atoms with Crippen LogP contribution >= 0.6 is 11.9 Å². The molecule has 2 aromatic rings. The van der Waals surface area contributed by atoms with E-state index in [1.807, 2.05) is 24.3 Å². The fourth-order valence-corrected chi connectivity index (χ4v) is 1.86. The second-order valence-corrected chi connectivity index (χ2v) is 3.83. The third-order valence-electron chi connectivity index (χ3n) is 1.93. The van der Waals surface area contributed by atoms with E-state index in [9.17, 15) is 4.79 Å². The molecule has 0 atom stereocenters. The van der Waals surface area contributed by atoms with Gasteiger partial charge in [0.25, 0.3) is 0 Å². The molecule has 0 spiro atoms. The molecular formula is C10H10N2O2S. The Morgan fingerprint density at radius 3 is 3.13 bits per heavy atom. The Labute approximate surface area is 90.9 Å². The molecule has 5 heteroatoms. The molecule has 2 rings (SSSR count). The average Bonchev–Trinajstić information content (AvgIpc) is 2.64. The number of carbonyl (C=O) groups excluding carboxylic acids is 1. The van der Waals surface area contributed by atoms with Gasteiger partial charge in [-0.25, -0.2) is 4.79 Å². The number of amides is 2. The van der Waals surface area contributed by atoms with Crippen LogP contribution in [-0.4, -0.2) is 6.03 Å². The Morgan fingerprint density at radius 2 is 2.33 bits per heavy atom. The lowest BCUT2D eigenvalue weighted by Crippen LogP contribution is -2.22. The van der Waals surface area contributed by atoms with Crippen LogP contribution in [0.15, 0.2) is 34.9 Å². The molecule has 0 fully saturated rings. The van der Waals surface area contributed by atoms with Gasteiger partial charge in [-0.2, -0.15) is 0 Å². The lowest BCUT2D eigenvalue weighted by atomic mass is 10.2. The molecule has 1 heterocycles.